The van der Waals surface area contributed by atoms with E-state index >= 15 is 4.39 Å². The first kappa shape index (κ1) is 22.8. The van der Waals surface area contributed by atoms with Gasteiger partial charge in [0.2, 0.25) is 0 Å². The summed E-state index contributed by atoms with van der Waals surface area (Å²) in [5, 5.41) is 17.0. The van der Waals surface area contributed by atoms with E-state index in [-0.39, 0.29) is 5.56 Å². The van der Waals surface area contributed by atoms with Gasteiger partial charge >= 0.3 is 0 Å². The molecule has 0 unspecified atom stereocenters. The number of aryl methyl sites for hydroxylation is 2. The standard InChI is InChI=1S/C26H30FN7O2/c1-32-13-15-10-21(23(36-3)12-20(15)30-32)29-26(35)24-19(27)11-22(18-14-33(2)31-25(18)24)34-8-6-17(7-9-34)28-16-4-5-16/h10-14,16-17,28H,4-9H2,1-3H3,(H,29,35). The zero-order chi connectivity index (χ0) is 25.0. The van der Waals surface area contributed by atoms with E-state index < -0.39 is 11.7 Å². The Morgan fingerprint density at radius 3 is 2.47 bits per heavy atom. The number of amides is 1. The van der Waals surface area contributed by atoms with Crippen molar-refractivity contribution in [1.29, 1.82) is 0 Å². The molecule has 2 N–H and O–H groups in total. The Morgan fingerprint density at radius 2 is 1.75 bits per heavy atom. The van der Waals surface area contributed by atoms with Crippen LogP contribution in [0.4, 0.5) is 15.8 Å². The van der Waals surface area contributed by atoms with Gasteiger partial charge in [0.05, 0.1) is 24.0 Å². The van der Waals surface area contributed by atoms with Gasteiger partial charge in [0, 0.05) is 68.5 Å². The van der Waals surface area contributed by atoms with Gasteiger partial charge in [-0.2, -0.15) is 10.2 Å². The number of carbonyl (C=O) groups excluding carboxylic acids is 1. The van der Waals surface area contributed by atoms with Crippen molar-refractivity contribution in [3.05, 3.63) is 42.0 Å². The molecule has 0 radical (unpaired) electrons. The van der Waals surface area contributed by atoms with Crippen LogP contribution in [0.3, 0.4) is 0 Å². The Bertz CT molecular complexity index is 1460. The highest BCUT2D eigenvalue weighted by Crippen LogP contribution is 2.35. The van der Waals surface area contributed by atoms with Crippen LogP contribution in [0, 0.1) is 5.82 Å². The average molecular weight is 492 g/mol. The maximum absolute atomic E-state index is 15.6. The van der Waals surface area contributed by atoms with Gasteiger partial charge in [0.15, 0.2) is 0 Å². The summed E-state index contributed by atoms with van der Waals surface area (Å²) in [4.78, 5) is 15.6. The van der Waals surface area contributed by atoms with Crippen molar-refractivity contribution in [2.24, 2.45) is 14.1 Å². The summed E-state index contributed by atoms with van der Waals surface area (Å²) in [5.74, 6) is -0.712. The topological polar surface area (TPSA) is 89.2 Å². The first-order valence-corrected chi connectivity index (χ1v) is 12.4. The van der Waals surface area contributed by atoms with Crippen molar-refractivity contribution in [1.82, 2.24) is 24.9 Å². The predicted octanol–water partition coefficient (Wildman–Crippen LogP) is 3.58. The fraction of sp³-hybridized carbons (Fsp3) is 0.423. The van der Waals surface area contributed by atoms with E-state index in [1.54, 1.807) is 28.5 Å². The van der Waals surface area contributed by atoms with E-state index in [2.05, 4.69) is 25.7 Å². The van der Waals surface area contributed by atoms with Gasteiger partial charge in [0.25, 0.3) is 5.91 Å². The van der Waals surface area contributed by atoms with Crippen molar-refractivity contribution in [2.45, 2.75) is 37.8 Å². The Morgan fingerprint density at radius 1 is 1.03 bits per heavy atom. The van der Waals surface area contributed by atoms with Crippen molar-refractivity contribution >= 4 is 39.1 Å². The number of fused-ring (bicyclic) bond motifs is 2. The third-order valence-electron chi connectivity index (χ3n) is 7.14. The molecule has 1 aliphatic heterocycles. The van der Waals surface area contributed by atoms with Gasteiger partial charge < -0.3 is 20.3 Å². The summed E-state index contributed by atoms with van der Waals surface area (Å²) in [6.45, 7) is 1.67. The van der Waals surface area contributed by atoms with E-state index in [9.17, 15) is 4.79 Å². The number of aromatic nitrogens is 4. The second-order valence-corrected chi connectivity index (χ2v) is 9.89. The van der Waals surface area contributed by atoms with Crippen molar-refractivity contribution in [3.63, 3.8) is 0 Å². The van der Waals surface area contributed by atoms with Gasteiger partial charge in [0.1, 0.15) is 22.6 Å². The third-order valence-corrected chi connectivity index (χ3v) is 7.14. The van der Waals surface area contributed by atoms with Crippen LogP contribution in [-0.2, 0) is 14.1 Å². The van der Waals surface area contributed by atoms with Crippen LogP contribution in [0.2, 0.25) is 0 Å². The van der Waals surface area contributed by atoms with E-state index in [0.29, 0.717) is 29.0 Å². The Balaban J connectivity index is 1.31. The highest BCUT2D eigenvalue weighted by Gasteiger charge is 2.29. The lowest BCUT2D eigenvalue weighted by Crippen LogP contribution is -2.43. The number of nitrogens with one attached hydrogen (secondary N) is 2. The molecule has 4 aromatic rings. The molecule has 0 atom stereocenters. The molecular formula is C26H30FN7O2. The molecule has 1 saturated carbocycles. The summed E-state index contributed by atoms with van der Waals surface area (Å²) < 4.78 is 24.4. The summed E-state index contributed by atoms with van der Waals surface area (Å²) in [6, 6.07) is 6.21. The molecule has 1 aliphatic carbocycles. The second-order valence-electron chi connectivity index (χ2n) is 9.89. The molecule has 2 fully saturated rings. The fourth-order valence-electron chi connectivity index (χ4n) is 5.22. The van der Waals surface area contributed by atoms with E-state index in [1.165, 1.54) is 26.0 Å². The first-order valence-electron chi connectivity index (χ1n) is 12.4. The quantitative estimate of drug-likeness (QED) is 0.429. The number of carbonyl (C=O) groups is 1. The number of rotatable bonds is 6. The Kier molecular flexibility index (Phi) is 5.55. The SMILES string of the molecule is COc1cc2nn(C)cc2cc1NC(=O)c1c(F)cc(N2CCC(NC3CC3)CC2)c2cn(C)nc12. The minimum Gasteiger partial charge on any atom is -0.494 e. The van der Waals surface area contributed by atoms with Crippen LogP contribution in [0.15, 0.2) is 30.6 Å². The molecule has 0 bridgehead atoms. The number of nitrogens with zero attached hydrogens (tertiary/aromatic N) is 5. The van der Waals surface area contributed by atoms with Crippen LogP contribution in [0.5, 0.6) is 5.75 Å². The number of hydrogen-bond acceptors (Lipinski definition) is 6. The molecule has 1 saturated heterocycles. The molecule has 2 aliphatic rings. The average Bonchev–Trinajstić information content (AvgIpc) is 3.46. The first-order chi connectivity index (χ1) is 17.4. The summed E-state index contributed by atoms with van der Waals surface area (Å²) in [7, 11) is 5.13. The minimum atomic E-state index is -0.589. The van der Waals surface area contributed by atoms with Crippen LogP contribution >= 0.6 is 0 Å². The zero-order valence-electron chi connectivity index (χ0n) is 20.7. The number of ether oxygens (including phenoxy) is 1. The number of benzene rings is 2. The van der Waals surface area contributed by atoms with Crippen LogP contribution < -0.4 is 20.3 Å². The maximum atomic E-state index is 15.6. The lowest BCUT2D eigenvalue weighted by atomic mass is 10.0. The number of hydrogen-bond donors (Lipinski definition) is 2. The minimum absolute atomic E-state index is 0.0760. The molecule has 0 spiro atoms. The summed E-state index contributed by atoms with van der Waals surface area (Å²) >= 11 is 0. The van der Waals surface area contributed by atoms with Gasteiger partial charge in [-0.25, -0.2) is 4.39 Å². The third kappa shape index (κ3) is 4.15. The lowest BCUT2D eigenvalue weighted by Gasteiger charge is -2.34. The maximum Gasteiger partial charge on any atom is 0.261 e. The van der Waals surface area contributed by atoms with Gasteiger partial charge in [-0.15, -0.1) is 0 Å². The van der Waals surface area contributed by atoms with Gasteiger partial charge in [-0.1, -0.05) is 0 Å². The number of anilines is 2. The van der Waals surface area contributed by atoms with Crippen LogP contribution in [0.1, 0.15) is 36.0 Å². The Labute approximate surface area is 208 Å². The molecule has 3 heterocycles. The Hall–Kier alpha value is -3.66. The number of halogens is 1. The molecule has 6 rings (SSSR count). The highest BCUT2D eigenvalue weighted by molar-refractivity contribution is 6.15. The van der Waals surface area contributed by atoms with E-state index in [0.717, 1.165) is 47.9 Å². The molecule has 10 heteroatoms. The molecule has 1 amide bonds. The summed E-state index contributed by atoms with van der Waals surface area (Å²) in [6.07, 6.45) is 8.27. The van der Waals surface area contributed by atoms with Crippen molar-refractivity contribution < 1.29 is 13.9 Å². The molecule has 188 valence electrons. The van der Waals surface area contributed by atoms with E-state index in [4.69, 9.17) is 4.74 Å². The van der Waals surface area contributed by atoms with Crippen LogP contribution in [-0.4, -0.2) is 57.8 Å². The van der Waals surface area contributed by atoms with E-state index in [1.807, 2.05) is 19.4 Å². The number of methoxy groups -OCH3 is 1. The molecule has 9 nitrogen and oxygen atoms in total. The number of piperidine rings is 1. The largest absolute Gasteiger partial charge is 0.494 e. The van der Waals surface area contributed by atoms with Crippen LogP contribution in [0.25, 0.3) is 21.8 Å². The second kappa shape index (κ2) is 8.77. The highest BCUT2D eigenvalue weighted by atomic mass is 19.1. The lowest BCUT2D eigenvalue weighted by molar-refractivity contribution is 0.102. The smallest absolute Gasteiger partial charge is 0.261 e. The molecule has 2 aromatic carbocycles. The molecule has 2 aromatic heterocycles. The van der Waals surface area contributed by atoms with Gasteiger partial charge in [-0.05, 0) is 37.8 Å². The summed E-state index contributed by atoms with van der Waals surface area (Å²) in [5.41, 5.74) is 2.25. The van der Waals surface area contributed by atoms with Gasteiger partial charge in [-0.3, -0.25) is 14.2 Å². The molecular weight excluding hydrogens is 461 g/mol. The van der Waals surface area contributed by atoms with Crippen molar-refractivity contribution in [2.75, 3.05) is 30.4 Å². The van der Waals surface area contributed by atoms with Crippen molar-refractivity contribution in [3.8, 4) is 5.75 Å². The fourth-order valence-corrected chi connectivity index (χ4v) is 5.22. The monoisotopic (exact) mass is 491 g/mol. The normalized spacial score (nSPS) is 16.7. The zero-order valence-corrected chi connectivity index (χ0v) is 20.7. The molecule has 36 heavy (non-hydrogen) atoms. The predicted molar refractivity (Wildman–Crippen MR) is 137 cm³/mol.